The molecule has 13 heteroatoms. The van der Waals surface area contributed by atoms with Gasteiger partial charge in [-0.2, -0.15) is 5.26 Å². The molecule has 0 spiro atoms. The first kappa shape index (κ1) is 19.9. The lowest BCUT2D eigenvalue weighted by atomic mass is 10.1. The molecule has 0 unspecified atom stereocenters. The summed E-state index contributed by atoms with van der Waals surface area (Å²) in [4.78, 5) is 26.5. The van der Waals surface area contributed by atoms with Crippen molar-refractivity contribution in [3.05, 3.63) is 58.2 Å². The zero-order chi connectivity index (χ0) is 22.2. The molecule has 0 bridgehead atoms. The SMILES string of the molecule is CS(=O)(=O)Nc1ccc2onc(C(=O)Nc3ccc(C#N)cc3-c3noc(=O)[nH]3)c2c1. The van der Waals surface area contributed by atoms with Crippen LogP contribution in [0.2, 0.25) is 0 Å². The smallest absolute Gasteiger partial charge is 0.355 e. The fraction of sp³-hybridized carbons (Fsp3) is 0.0556. The molecule has 31 heavy (non-hydrogen) atoms. The Morgan fingerprint density at radius 2 is 1.97 bits per heavy atom. The van der Waals surface area contributed by atoms with Crippen LogP contribution in [-0.4, -0.2) is 35.9 Å². The molecule has 0 saturated heterocycles. The number of H-pyrrole nitrogens is 1. The van der Waals surface area contributed by atoms with Crippen LogP contribution in [0.1, 0.15) is 16.1 Å². The van der Waals surface area contributed by atoms with E-state index in [1.807, 2.05) is 6.07 Å². The number of aromatic nitrogens is 3. The van der Waals surface area contributed by atoms with Crippen LogP contribution in [0.3, 0.4) is 0 Å². The molecule has 0 aliphatic heterocycles. The highest BCUT2D eigenvalue weighted by Crippen LogP contribution is 2.28. The molecular weight excluding hydrogens is 428 g/mol. The number of anilines is 2. The maximum atomic E-state index is 12.9. The summed E-state index contributed by atoms with van der Waals surface area (Å²) in [6, 6.07) is 10.6. The van der Waals surface area contributed by atoms with Crippen LogP contribution in [-0.2, 0) is 10.0 Å². The summed E-state index contributed by atoms with van der Waals surface area (Å²) in [7, 11) is -3.52. The highest BCUT2D eigenvalue weighted by Gasteiger charge is 2.20. The molecule has 3 N–H and O–H groups in total. The van der Waals surface area contributed by atoms with Gasteiger partial charge in [-0.1, -0.05) is 10.3 Å². The van der Waals surface area contributed by atoms with E-state index in [0.717, 1.165) is 6.26 Å². The zero-order valence-electron chi connectivity index (χ0n) is 15.7. The van der Waals surface area contributed by atoms with Crippen LogP contribution in [0.15, 0.2) is 50.2 Å². The Balaban J connectivity index is 1.72. The van der Waals surface area contributed by atoms with E-state index in [9.17, 15) is 18.0 Å². The molecule has 0 saturated carbocycles. The number of hydrogen-bond donors (Lipinski definition) is 3. The quantitative estimate of drug-likeness (QED) is 0.415. The number of rotatable bonds is 5. The molecule has 4 rings (SSSR count). The van der Waals surface area contributed by atoms with Crippen LogP contribution < -0.4 is 15.8 Å². The van der Waals surface area contributed by atoms with E-state index >= 15 is 0 Å². The number of carbonyl (C=O) groups is 1. The number of fused-ring (bicyclic) bond motifs is 1. The number of sulfonamides is 1. The van der Waals surface area contributed by atoms with Crippen molar-refractivity contribution in [2.24, 2.45) is 0 Å². The lowest BCUT2D eigenvalue weighted by Crippen LogP contribution is -2.14. The van der Waals surface area contributed by atoms with E-state index in [0.29, 0.717) is 0 Å². The summed E-state index contributed by atoms with van der Waals surface area (Å²) in [5, 5.41) is 19.4. The third kappa shape index (κ3) is 4.14. The Morgan fingerprint density at radius 1 is 1.16 bits per heavy atom. The number of hydrogen-bond acceptors (Lipinski definition) is 9. The number of nitriles is 1. The predicted molar refractivity (Wildman–Crippen MR) is 108 cm³/mol. The van der Waals surface area contributed by atoms with Gasteiger partial charge in [0.05, 0.1) is 29.0 Å². The van der Waals surface area contributed by atoms with E-state index in [2.05, 4.69) is 29.9 Å². The monoisotopic (exact) mass is 440 g/mol. The van der Waals surface area contributed by atoms with Crippen molar-refractivity contribution in [1.82, 2.24) is 15.3 Å². The second kappa shape index (κ2) is 7.43. The van der Waals surface area contributed by atoms with E-state index < -0.39 is 21.7 Å². The summed E-state index contributed by atoms with van der Waals surface area (Å²) in [5.41, 5.74) is 1.12. The summed E-state index contributed by atoms with van der Waals surface area (Å²) in [6.07, 6.45) is 0.999. The van der Waals surface area contributed by atoms with Gasteiger partial charge >= 0.3 is 5.76 Å². The summed E-state index contributed by atoms with van der Waals surface area (Å²) < 4.78 is 34.9. The van der Waals surface area contributed by atoms with Gasteiger partial charge in [-0.15, -0.1) is 0 Å². The van der Waals surface area contributed by atoms with Crippen LogP contribution in [0.5, 0.6) is 0 Å². The van der Waals surface area contributed by atoms with E-state index in [1.165, 1.54) is 36.4 Å². The van der Waals surface area contributed by atoms with Crippen LogP contribution in [0.4, 0.5) is 11.4 Å². The molecule has 2 aromatic heterocycles. The predicted octanol–water partition coefficient (Wildman–Crippen LogP) is 1.67. The summed E-state index contributed by atoms with van der Waals surface area (Å²) in [6.45, 7) is 0. The Labute approximate surface area is 173 Å². The minimum absolute atomic E-state index is 0.0158. The number of aromatic amines is 1. The van der Waals surface area contributed by atoms with Crippen LogP contribution in [0.25, 0.3) is 22.4 Å². The van der Waals surface area contributed by atoms with Crippen LogP contribution >= 0.6 is 0 Å². The van der Waals surface area contributed by atoms with Crippen molar-refractivity contribution in [3.8, 4) is 17.5 Å². The lowest BCUT2D eigenvalue weighted by Gasteiger charge is -2.08. The number of benzene rings is 2. The van der Waals surface area contributed by atoms with Gasteiger partial charge in [-0.25, -0.2) is 13.2 Å². The molecule has 1 amide bonds. The first-order valence-electron chi connectivity index (χ1n) is 8.52. The molecule has 0 radical (unpaired) electrons. The second-order valence-corrected chi connectivity index (χ2v) is 8.13. The zero-order valence-corrected chi connectivity index (χ0v) is 16.5. The summed E-state index contributed by atoms with van der Waals surface area (Å²) >= 11 is 0. The molecular formula is C18H12N6O6S. The number of carbonyl (C=O) groups excluding carboxylic acids is 1. The molecule has 4 aromatic rings. The van der Waals surface area contributed by atoms with Gasteiger partial charge in [0.15, 0.2) is 17.1 Å². The second-order valence-electron chi connectivity index (χ2n) is 6.39. The van der Waals surface area contributed by atoms with Crippen molar-refractivity contribution < 1.29 is 22.3 Å². The molecule has 0 atom stereocenters. The normalized spacial score (nSPS) is 11.2. The number of nitrogens with one attached hydrogen (secondary N) is 3. The summed E-state index contributed by atoms with van der Waals surface area (Å²) in [5.74, 6) is -1.46. The first-order valence-corrected chi connectivity index (χ1v) is 10.4. The van der Waals surface area contributed by atoms with Crippen LogP contribution in [0, 0.1) is 11.3 Å². The lowest BCUT2D eigenvalue weighted by molar-refractivity contribution is 0.102. The maximum Gasteiger partial charge on any atom is 0.439 e. The van der Waals surface area contributed by atoms with Gasteiger partial charge in [0.1, 0.15) is 0 Å². The van der Waals surface area contributed by atoms with E-state index in [4.69, 9.17) is 9.78 Å². The highest BCUT2D eigenvalue weighted by molar-refractivity contribution is 7.92. The van der Waals surface area contributed by atoms with Gasteiger partial charge in [-0.05, 0) is 36.4 Å². The molecule has 2 heterocycles. The Morgan fingerprint density at radius 3 is 2.65 bits per heavy atom. The molecule has 0 aliphatic carbocycles. The third-order valence-corrected chi connectivity index (χ3v) is 4.69. The average Bonchev–Trinajstić information content (AvgIpc) is 3.33. The van der Waals surface area contributed by atoms with E-state index in [1.54, 1.807) is 0 Å². The Bertz CT molecular complexity index is 1520. The van der Waals surface area contributed by atoms with Crippen molar-refractivity contribution >= 4 is 38.3 Å². The first-order chi connectivity index (χ1) is 14.7. The van der Waals surface area contributed by atoms with Crippen molar-refractivity contribution in [2.75, 3.05) is 16.3 Å². The standard InChI is InChI=1S/C18H12N6O6S/c1-31(27,28)24-10-3-5-14-12(7-10)15(22-29-14)17(25)20-13-4-2-9(8-19)6-11(13)16-21-18(26)30-23-16/h2-7,24H,1H3,(H,20,25)(H,21,23,26). The van der Waals surface area contributed by atoms with Gasteiger partial charge in [0.25, 0.3) is 5.91 Å². The van der Waals surface area contributed by atoms with Gasteiger partial charge in [0, 0.05) is 11.3 Å². The molecule has 156 valence electrons. The van der Waals surface area contributed by atoms with Gasteiger partial charge in [0.2, 0.25) is 10.0 Å². The van der Waals surface area contributed by atoms with Gasteiger partial charge < -0.3 is 9.84 Å². The minimum atomic E-state index is -3.52. The van der Waals surface area contributed by atoms with Gasteiger partial charge in [-0.3, -0.25) is 19.0 Å². The Kier molecular flexibility index (Phi) is 4.76. The van der Waals surface area contributed by atoms with E-state index in [-0.39, 0.29) is 45.0 Å². The average molecular weight is 440 g/mol. The Hall–Kier alpha value is -4.44. The molecule has 0 fully saturated rings. The van der Waals surface area contributed by atoms with Crippen molar-refractivity contribution in [2.45, 2.75) is 0 Å². The van der Waals surface area contributed by atoms with Crippen molar-refractivity contribution in [3.63, 3.8) is 0 Å². The maximum absolute atomic E-state index is 12.9. The third-order valence-electron chi connectivity index (χ3n) is 4.08. The fourth-order valence-electron chi connectivity index (χ4n) is 2.83. The molecule has 2 aromatic carbocycles. The number of amides is 1. The number of nitrogens with zero attached hydrogens (tertiary/aromatic N) is 3. The largest absolute Gasteiger partial charge is 0.439 e. The highest BCUT2D eigenvalue weighted by atomic mass is 32.2. The fourth-order valence-corrected chi connectivity index (χ4v) is 3.38. The van der Waals surface area contributed by atoms with Crippen molar-refractivity contribution in [1.29, 1.82) is 5.26 Å². The molecule has 0 aliphatic rings. The molecule has 12 nitrogen and oxygen atoms in total. The minimum Gasteiger partial charge on any atom is -0.355 e. The topological polar surface area (TPSA) is 184 Å².